The van der Waals surface area contributed by atoms with Gasteiger partial charge >= 0.3 is 6.18 Å². The second kappa shape index (κ2) is 8.59. The van der Waals surface area contributed by atoms with Gasteiger partial charge in [-0.15, -0.1) is 0 Å². The molecule has 2 atom stereocenters. The van der Waals surface area contributed by atoms with Crippen molar-refractivity contribution in [3.8, 4) is 0 Å². The predicted octanol–water partition coefficient (Wildman–Crippen LogP) is 4.93. The fraction of sp³-hybridized carbons (Fsp3) is 0.600. The highest BCUT2D eigenvalue weighted by atomic mass is 35.5. The molecule has 1 amide bonds. The zero-order valence-electron chi connectivity index (χ0n) is 16.6. The van der Waals surface area contributed by atoms with E-state index >= 15 is 0 Å². The maximum absolute atomic E-state index is 13.3. The number of carbonyl (C=O) groups excluding carboxylic acids is 1. The fourth-order valence-corrected chi connectivity index (χ4v) is 8.64. The van der Waals surface area contributed by atoms with Crippen LogP contribution in [0.1, 0.15) is 44.1 Å². The van der Waals surface area contributed by atoms with E-state index in [1.165, 1.54) is 17.7 Å². The van der Waals surface area contributed by atoms with Crippen molar-refractivity contribution in [3.05, 3.63) is 28.8 Å². The van der Waals surface area contributed by atoms with Crippen LogP contribution in [0.4, 0.5) is 18.9 Å². The zero-order valence-corrected chi connectivity index (χ0v) is 19.0. The first-order valence-electron chi connectivity index (χ1n) is 10.2. The number of alkyl halides is 3. The lowest BCUT2D eigenvalue weighted by Crippen LogP contribution is -2.38. The molecule has 1 aromatic carbocycles. The average molecular weight is 495 g/mol. The number of thioether (sulfide) groups is 1. The molecule has 0 spiro atoms. The normalized spacial score (nSPS) is 27.2. The van der Waals surface area contributed by atoms with Gasteiger partial charge in [0.25, 0.3) is 0 Å². The van der Waals surface area contributed by atoms with Crippen LogP contribution in [0.5, 0.6) is 0 Å². The number of hydrogen-bond acceptors (Lipinski definition) is 4. The Kier molecular flexibility index (Phi) is 6.35. The largest absolute Gasteiger partial charge is 0.416 e. The third kappa shape index (κ3) is 5.06. The third-order valence-electron chi connectivity index (χ3n) is 6.06. The van der Waals surface area contributed by atoms with E-state index < -0.39 is 32.9 Å². The van der Waals surface area contributed by atoms with E-state index in [2.05, 4.69) is 4.99 Å². The van der Waals surface area contributed by atoms with Gasteiger partial charge < -0.3 is 4.90 Å². The minimum atomic E-state index is -4.58. The summed E-state index contributed by atoms with van der Waals surface area (Å²) in [6.45, 7) is 0. The molecule has 2 saturated heterocycles. The molecule has 3 fully saturated rings. The Morgan fingerprint density at radius 3 is 2.61 bits per heavy atom. The molecule has 11 heteroatoms. The lowest BCUT2D eigenvalue weighted by molar-refractivity contribution is -0.137. The van der Waals surface area contributed by atoms with E-state index in [0.717, 1.165) is 49.2 Å². The summed E-state index contributed by atoms with van der Waals surface area (Å²) in [6, 6.07) is 2.30. The summed E-state index contributed by atoms with van der Waals surface area (Å²) in [5.41, 5.74) is -0.871. The molecule has 170 valence electrons. The summed E-state index contributed by atoms with van der Waals surface area (Å²) in [7, 11) is -3.34. The van der Waals surface area contributed by atoms with Gasteiger partial charge in [0.15, 0.2) is 15.0 Å². The Morgan fingerprint density at radius 2 is 1.94 bits per heavy atom. The first-order chi connectivity index (χ1) is 14.5. The number of fused-ring (bicyclic) bond motifs is 1. The van der Waals surface area contributed by atoms with Crippen LogP contribution in [0, 0.1) is 5.92 Å². The SMILES string of the molecule is O=C(CCC1CCCC1)N=C1S[C@@H]2CS(=O)(=O)C[C@@H]2N1c1cc(C(F)(F)F)ccc1Cl. The van der Waals surface area contributed by atoms with Crippen molar-refractivity contribution in [2.45, 2.75) is 56.0 Å². The Labute approximate surface area is 188 Å². The maximum Gasteiger partial charge on any atom is 0.416 e. The number of halogens is 4. The van der Waals surface area contributed by atoms with Crippen molar-refractivity contribution in [1.82, 2.24) is 0 Å². The van der Waals surface area contributed by atoms with Crippen LogP contribution < -0.4 is 4.90 Å². The van der Waals surface area contributed by atoms with Crippen molar-refractivity contribution < 1.29 is 26.4 Å². The Bertz CT molecular complexity index is 1010. The minimum absolute atomic E-state index is 0.0240. The van der Waals surface area contributed by atoms with E-state index in [-0.39, 0.29) is 39.7 Å². The van der Waals surface area contributed by atoms with Crippen molar-refractivity contribution >= 4 is 50.0 Å². The van der Waals surface area contributed by atoms with Gasteiger partial charge in [-0.2, -0.15) is 18.2 Å². The number of anilines is 1. The van der Waals surface area contributed by atoms with E-state index in [1.54, 1.807) is 0 Å². The van der Waals surface area contributed by atoms with Crippen LogP contribution in [0.2, 0.25) is 5.02 Å². The van der Waals surface area contributed by atoms with Crippen molar-refractivity contribution in [2.24, 2.45) is 10.9 Å². The summed E-state index contributed by atoms with van der Waals surface area (Å²) >= 11 is 7.36. The Balaban J connectivity index is 1.65. The molecule has 31 heavy (non-hydrogen) atoms. The van der Waals surface area contributed by atoms with Crippen molar-refractivity contribution in [2.75, 3.05) is 16.4 Å². The number of nitrogens with zero attached hydrogens (tertiary/aromatic N) is 2. The molecule has 0 radical (unpaired) electrons. The lowest BCUT2D eigenvalue weighted by atomic mass is 10.0. The number of rotatable bonds is 4. The van der Waals surface area contributed by atoms with Crippen LogP contribution in [0.25, 0.3) is 0 Å². The summed E-state index contributed by atoms with van der Waals surface area (Å²) in [6.07, 6.45) is 0.977. The van der Waals surface area contributed by atoms with E-state index in [4.69, 9.17) is 11.6 Å². The van der Waals surface area contributed by atoms with Gasteiger partial charge in [0.05, 0.1) is 33.8 Å². The maximum atomic E-state index is 13.3. The topological polar surface area (TPSA) is 66.8 Å². The molecule has 1 aliphatic carbocycles. The van der Waals surface area contributed by atoms with Crippen LogP contribution in [-0.4, -0.2) is 42.3 Å². The van der Waals surface area contributed by atoms with Gasteiger partial charge in [-0.05, 0) is 30.5 Å². The first kappa shape index (κ1) is 22.9. The minimum Gasteiger partial charge on any atom is -0.314 e. The number of amides is 1. The van der Waals surface area contributed by atoms with Gasteiger partial charge in [0.1, 0.15) is 0 Å². The number of benzene rings is 1. The fourth-order valence-electron chi connectivity index (χ4n) is 4.51. The zero-order chi connectivity index (χ0) is 22.4. The quantitative estimate of drug-likeness (QED) is 0.593. The number of hydrogen-bond donors (Lipinski definition) is 0. The van der Waals surface area contributed by atoms with E-state index in [9.17, 15) is 26.4 Å². The van der Waals surface area contributed by atoms with Gasteiger partial charge in [-0.25, -0.2) is 8.42 Å². The summed E-state index contributed by atoms with van der Waals surface area (Å²) in [4.78, 5) is 18.1. The first-order valence-corrected chi connectivity index (χ1v) is 13.3. The van der Waals surface area contributed by atoms with Crippen LogP contribution in [0.3, 0.4) is 0 Å². The van der Waals surface area contributed by atoms with Crippen molar-refractivity contribution in [1.29, 1.82) is 0 Å². The second-order valence-corrected chi connectivity index (χ2v) is 12.1. The molecule has 2 heterocycles. The number of carbonyl (C=O) groups is 1. The van der Waals surface area contributed by atoms with Crippen LogP contribution >= 0.6 is 23.4 Å². The lowest BCUT2D eigenvalue weighted by Gasteiger charge is -2.26. The van der Waals surface area contributed by atoms with E-state index in [0.29, 0.717) is 5.92 Å². The molecule has 4 rings (SSSR count). The smallest absolute Gasteiger partial charge is 0.314 e. The highest BCUT2D eigenvalue weighted by Gasteiger charge is 2.50. The average Bonchev–Trinajstić information content (AvgIpc) is 3.34. The molecule has 3 aliphatic rings. The van der Waals surface area contributed by atoms with Crippen LogP contribution in [0.15, 0.2) is 23.2 Å². The standard InChI is InChI=1S/C20H22ClF3N2O3S2/c21-14-7-6-13(20(22,23)24)9-15(14)26-16-10-31(28,29)11-17(16)30-19(26)25-18(27)8-5-12-3-1-2-4-12/h6-7,9,12,16-17H,1-5,8,10-11H2/t16-,17+/m0/s1. The molecule has 1 aromatic rings. The van der Waals surface area contributed by atoms with Gasteiger partial charge in [-0.1, -0.05) is 49.0 Å². The molecule has 0 N–H and O–H groups in total. The number of sulfone groups is 1. The van der Waals surface area contributed by atoms with Crippen LogP contribution in [-0.2, 0) is 20.8 Å². The monoisotopic (exact) mass is 494 g/mol. The molecule has 5 nitrogen and oxygen atoms in total. The Morgan fingerprint density at radius 1 is 1.23 bits per heavy atom. The molecule has 0 bridgehead atoms. The molecule has 1 saturated carbocycles. The number of amidine groups is 1. The van der Waals surface area contributed by atoms with E-state index in [1.807, 2.05) is 0 Å². The van der Waals surface area contributed by atoms with Gasteiger partial charge in [0.2, 0.25) is 5.91 Å². The molecule has 0 aromatic heterocycles. The summed E-state index contributed by atoms with van der Waals surface area (Å²) < 4.78 is 64.2. The highest BCUT2D eigenvalue weighted by Crippen LogP contribution is 2.44. The third-order valence-corrected chi connectivity index (χ3v) is 9.59. The highest BCUT2D eigenvalue weighted by molar-refractivity contribution is 8.16. The summed E-state index contributed by atoms with van der Waals surface area (Å²) in [5, 5.41) is -0.135. The Hall–Kier alpha value is -1.26. The van der Waals surface area contributed by atoms with Crippen molar-refractivity contribution in [3.63, 3.8) is 0 Å². The molecule has 2 aliphatic heterocycles. The summed E-state index contributed by atoms with van der Waals surface area (Å²) in [5.74, 6) is -0.152. The molecular formula is C20H22ClF3N2O3S2. The van der Waals surface area contributed by atoms with Gasteiger partial charge in [0, 0.05) is 11.7 Å². The van der Waals surface area contributed by atoms with Gasteiger partial charge in [-0.3, -0.25) is 4.79 Å². The number of aliphatic imine (C=N–C) groups is 1. The second-order valence-electron chi connectivity index (χ2n) is 8.31. The molecular weight excluding hydrogens is 473 g/mol. The molecule has 0 unspecified atom stereocenters. The predicted molar refractivity (Wildman–Crippen MR) is 116 cm³/mol.